The molecule has 0 aliphatic rings. The van der Waals surface area contributed by atoms with Crippen LogP contribution in [0.25, 0.3) is 11.1 Å². The maximum absolute atomic E-state index is 6.47. The zero-order valence-electron chi connectivity index (χ0n) is 12.1. The maximum Gasteiger partial charge on any atom is 0.0657 e. The summed E-state index contributed by atoms with van der Waals surface area (Å²) in [6.07, 6.45) is 7.06. The molecule has 0 radical (unpaired) electrons. The summed E-state index contributed by atoms with van der Waals surface area (Å²) in [5, 5.41) is 0.742. The second kappa shape index (κ2) is 6.73. The van der Waals surface area contributed by atoms with Crippen LogP contribution in [0.4, 0.5) is 0 Å². The van der Waals surface area contributed by atoms with Gasteiger partial charge >= 0.3 is 0 Å². The summed E-state index contributed by atoms with van der Waals surface area (Å²) >= 11 is 9.94. The van der Waals surface area contributed by atoms with E-state index in [9.17, 15) is 0 Å². The maximum atomic E-state index is 6.47. The molecule has 1 aromatic carbocycles. The number of rotatable bonds is 4. The van der Waals surface area contributed by atoms with E-state index in [2.05, 4.69) is 53.8 Å². The lowest BCUT2D eigenvalue weighted by atomic mass is 9.90. The summed E-state index contributed by atoms with van der Waals surface area (Å²) in [5.41, 5.74) is 6.21. The fourth-order valence-electron chi connectivity index (χ4n) is 2.42. The minimum Gasteiger partial charge on any atom is -0.263 e. The lowest BCUT2D eigenvalue weighted by molar-refractivity contribution is 0.795. The molecular weight excluding hydrogens is 334 g/mol. The molecule has 0 spiro atoms. The molecule has 20 heavy (non-hydrogen) atoms. The second-order valence-electron chi connectivity index (χ2n) is 5.13. The second-order valence-corrected chi connectivity index (χ2v) is 6.36. The van der Waals surface area contributed by atoms with Gasteiger partial charge in [0, 0.05) is 18.0 Å². The van der Waals surface area contributed by atoms with E-state index in [1.54, 1.807) is 6.20 Å². The highest BCUT2D eigenvalue weighted by atomic mass is 79.9. The van der Waals surface area contributed by atoms with E-state index in [1.165, 1.54) is 35.1 Å². The summed E-state index contributed by atoms with van der Waals surface area (Å²) in [6.45, 7) is 6.52. The fraction of sp³-hybridized carbons (Fsp3) is 0.353. The van der Waals surface area contributed by atoms with E-state index in [0.29, 0.717) is 0 Å². The number of aromatic nitrogens is 1. The lowest BCUT2D eigenvalue weighted by Crippen LogP contribution is -1.97. The summed E-state index contributed by atoms with van der Waals surface area (Å²) in [6, 6.07) is 4.42. The number of benzene rings is 1. The van der Waals surface area contributed by atoms with Crippen molar-refractivity contribution in [3.63, 3.8) is 0 Å². The summed E-state index contributed by atoms with van der Waals surface area (Å²) in [4.78, 5) is 4.28. The van der Waals surface area contributed by atoms with Gasteiger partial charge in [-0.15, -0.1) is 0 Å². The SMILES string of the molecule is CCCCc1ccc(C)c(C)c1-c1cncc(Br)c1Cl. The van der Waals surface area contributed by atoms with Crippen LogP contribution in [0.15, 0.2) is 29.0 Å². The van der Waals surface area contributed by atoms with E-state index >= 15 is 0 Å². The average Bonchev–Trinajstić information content (AvgIpc) is 2.44. The number of nitrogens with zero attached hydrogens (tertiary/aromatic N) is 1. The summed E-state index contributed by atoms with van der Waals surface area (Å²) in [7, 11) is 0. The van der Waals surface area contributed by atoms with E-state index in [0.717, 1.165) is 21.5 Å². The topological polar surface area (TPSA) is 12.9 Å². The van der Waals surface area contributed by atoms with Crippen LogP contribution in [-0.2, 0) is 6.42 Å². The summed E-state index contributed by atoms with van der Waals surface area (Å²) < 4.78 is 0.846. The fourth-order valence-corrected chi connectivity index (χ4v) is 2.94. The third-order valence-corrected chi connectivity index (χ3v) is 4.97. The Labute approximate surface area is 134 Å². The molecule has 0 amide bonds. The van der Waals surface area contributed by atoms with Gasteiger partial charge in [-0.05, 0) is 64.9 Å². The standard InChI is InChI=1S/C17H19BrClN/c1-4-5-6-13-8-7-11(2)12(3)16(13)14-9-20-10-15(18)17(14)19/h7-10H,4-6H2,1-3H3. The van der Waals surface area contributed by atoms with E-state index in [1.807, 2.05) is 6.20 Å². The van der Waals surface area contributed by atoms with Crippen LogP contribution in [0.1, 0.15) is 36.5 Å². The predicted molar refractivity (Wildman–Crippen MR) is 90.5 cm³/mol. The van der Waals surface area contributed by atoms with Crippen LogP contribution in [0.2, 0.25) is 5.02 Å². The molecule has 3 heteroatoms. The smallest absolute Gasteiger partial charge is 0.0657 e. The highest BCUT2D eigenvalue weighted by molar-refractivity contribution is 9.10. The Morgan fingerprint density at radius 2 is 1.95 bits per heavy atom. The first-order valence-electron chi connectivity index (χ1n) is 6.94. The van der Waals surface area contributed by atoms with Gasteiger partial charge < -0.3 is 0 Å². The highest BCUT2D eigenvalue weighted by Gasteiger charge is 2.15. The number of unbranched alkanes of at least 4 members (excludes halogenated alkanes) is 1. The molecule has 0 bridgehead atoms. The Kier molecular flexibility index (Phi) is 5.22. The van der Waals surface area contributed by atoms with Crippen molar-refractivity contribution >= 4 is 27.5 Å². The molecular formula is C17H19BrClN. The number of hydrogen-bond donors (Lipinski definition) is 0. The van der Waals surface area contributed by atoms with Gasteiger partial charge in [0.2, 0.25) is 0 Å². The van der Waals surface area contributed by atoms with Crippen LogP contribution in [0.3, 0.4) is 0 Å². The number of hydrogen-bond acceptors (Lipinski definition) is 1. The van der Waals surface area contributed by atoms with Crippen LogP contribution < -0.4 is 0 Å². The van der Waals surface area contributed by atoms with E-state index in [-0.39, 0.29) is 0 Å². The Morgan fingerprint density at radius 3 is 2.65 bits per heavy atom. The zero-order valence-corrected chi connectivity index (χ0v) is 14.5. The molecule has 2 rings (SSSR count). The van der Waals surface area contributed by atoms with E-state index < -0.39 is 0 Å². The Balaban J connectivity index is 2.64. The zero-order chi connectivity index (χ0) is 14.7. The molecule has 1 aromatic heterocycles. The van der Waals surface area contributed by atoms with Crippen molar-refractivity contribution in [1.29, 1.82) is 0 Å². The van der Waals surface area contributed by atoms with Crippen molar-refractivity contribution in [2.24, 2.45) is 0 Å². The largest absolute Gasteiger partial charge is 0.263 e. The molecule has 0 aliphatic heterocycles. The average molecular weight is 353 g/mol. The van der Waals surface area contributed by atoms with E-state index in [4.69, 9.17) is 11.6 Å². The van der Waals surface area contributed by atoms with Gasteiger partial charge in [0.1, 0.15) is 0 Å². The molecule has 0 aliphatic carbocycles. The number of aryl methyl sites for hydroxylation is 2. The van der Waals surface area contributed by atoms with Gasteiger partial charge in [-0.25, -0.2) is 0 Å². The van der Waals surface area contributed by atoms with Gasteiger partial charge in [0.15, 0.2) is 0 Å². The molecule has 106 valence electrons. The van der Waals surface area contributed by atoms with Crippen molar-refractivity contribution in [3.05, 3.63) is 50.7 Å². The van der Waals surface area contributed by atoms with Gasteiger partial charge in [-0.2, -0.15) is 0 Å². The number of pyridine rings is 1. The first-order chi connectivity index (χ1) is 9.56. The molecule has 0 saturated carbocycles. The van der Waals surface area contributed by atoms with Crippen LogP contribution >= 0.6 is 27.5 Å². The first-order valence-corrected chi connectivity index (χ1v) is 8.11. The van der Waals surface area contributed by atoms with Crippen molar-refractivity contribution in [3.8, 4) is 11.1 Å². The quantitative estimate of drug-likeness (QED) is 0.645. The third kappa shape index (κ3) is 3.07. The van der Waals surface area contributed by atoms with Crippen LogP contribution in [0.5, 0.6) is 0 Å². The minimum absolute atomic E-state index is 0.742. The van der Waals surface area contributed by atoms with Crippen molar-refractivity contribution in [1.82, 2.24) is 4.98 Å². The third-order valence-electron chi connectivity index (χ3n) is 3.73. The minimum atomic E-state index is 0.742. The van der Waals surface area contributed by atoms with Crippen molar-refractivity contribution in [2.45, 2.75) is 40.0 Å². The van der Waals surface area contributed by atoms with Crippen LogP contribution in [-0.4, -0.2) is 4.98 Å². The molecule has 1 nitrogen and oxygen atoms in total. The molecule has 0 unspecified atom stereocenters. The van der Waals surface area contributed by atoms with Gasteiger partial charge in [-0.1, -0.05) is 37.1 Å². The Morgan fingerprint density at radius 1 is 1.20 bits per heavy atom. The van der Waals surface area contributed by atoms with Crippen molar-refractivity contribution in [2.75, 3.05) is 0 Å². The Bertz CT molecular complexity index is 623. The molecule has 0 atom stereocenters. The normalized spacial score (nSPS) is 10.8. The molecule has 2 aromatic rings. The van der Waals surface area contributed by atoms with Gasteiger partial charge in [0.25, 0.3) is 0 Å². The molecule has 0 saturated heterocycles. The summed E-state index contributed by atoms with van der Waals surface area (Å²) in [5.74, 6) is 0. The first kappa shape index (κ1) is 15.5. The predicted octanol–water partition coefficient (Wildman–Crippen LogP) is 6.12. The molecule has 0 N–H and O–H groups in total. The highest BCUT2D eigenvalue weighted by Crippen LogP contribution is 2.37. The van der Waals surface area contributed by atoms with Crippen LogP contribution in [0, 0.1) is 13.8 Å². The molecule has 1 heterocycles. The van der Waals surface area contributed by atoms with Gasteiger partial charge in [0.05, 0.1) is 9.50 Å². The van der Waals surface area contributed by atoms with Crippen molar-refractivity contribution < 1.29 is 0 Å². The number of halogens is 2. The monoisotopic (exact) mass is 351 g/mol. The van der Waals surface area contributed by atoms with Gasteiger partial charge in [-0.3, -0.25) is 4.98 Å². The lowest BCUT2D eigenvalue weighted by Gasteiger charge is -2.16. The molecule has 0 fully saturated rings. The Hall–Kier alpha value is -0.860.